The standard InChI is InChI=1S/C10H22NO2.HI/c1-5-6-9-13-10(12)7-8-11(2,3)4;/h5-9H2,1-4H3;1H/q+1;/p-1. The number of ether oxygens (including phenoxy) is 1. The second kappa shape index (κ2) is 8.47. The number of esters is 1. The molecule has 0 aliphatic carbocycles. The monoisotopic (exact) mass is 315 g/mol. The summed E-state index contributed by atoms with van der Waals surface area (Å²) < 4.78 is 5.84. The van der Waals surface area contributed by atoms with Crippen molar-refractivity contribution >= 4 is 5.97 Å². The van der Waals surface area contributed by atoms with Gasteiger partial charge in [-0.05, 0) is 6.42 Å². The number of unbranched alkanes of at least 4 members (excludes halogenated alkanes) is 1. The molecule has 0 rings (SSSR count). The van der Waals surface area contributed by atoms with Gasteiger partial charge in [0.05, 0.1) is 40.7 Å². The van der Waals surface area contributed by atoms with Crippen molar-refractivity contribution in [2.24, 2.45) is 0 Å². The summed E-state index contributed by atoms with van der Waals surface area (Å²) in [5.41, 5.74) is 0. The molecule has 0 aromatic carbocycles. The number of nitrogens with zero attached hydrogens (tertiary/aromatic N) is 1. The first kappa shape index (κ1) is 16.6. The van der Waals surface area contributed by atoms with E-state index in [0.717, 1.165) is 23.9 Å². The summed E-state index contributed by atoms with van der Waals surface area (Å²) in [5.74, 6) is -0.0681. The molecule has 0 fully saturated rings. The molecule has 0 bridgehead atoms. The van der Waals surface area contributed by atoms with Crippen LogP contribution >= 0.6 is 0 Å². The van der Waals surface area contributed by atoms with Crippen molar-refractivity contribution < 1.29 is 38.0 Å². The van der Waals surface area contributed by atoms with Gasteiger partial charge in [-0.15, -0.1) is 0 Å². The topological polar surface area (TPSA) is 26.3 Å². The van der Waals surface area contributed by atoms with Crippen LogP contribution in [0.3, 0.4) is 0 Å². The Bertz CT molecular complexity index is 155. The number of quaternary nitrogens is 1. The SMILES string of the molecule is CCCCOC(=O)CC[N+](C)(C)C.[I-]. The summed E-state index contributed by atoms with van der Waals surface area (Å²) in [4.78, 5) is 11.1. The first-order chi connectivity index (χ1) is 5.95. The molecule has 0 aliphatic heterocycles. The van der Waals surface area contributed by atoms with Gasteiger partial charge in [0, 0.05) is 0 Å². The summed E-state index contributed by atoms with van der Waals surface area (Å²) in [5, 5.41) is 0. The average Bonchev–Trinajstić information content (AvgIpc) is 2.00. The largest absolute Gasteiger partial charge is 1.00 e. The highest BCUT2D eigenvalue weighted by Gasteiger charge is 2.11. The maximum atomic E-state index is 11.1. The minimum Gasteiger partial charge on any atom is -1.00 e. The molecule has 14 heavy (non-hydrogen) atoms. The molecular weight excluding hydrogens is 293 g/mol. The molecule has 0 atom stereocenters. The average molecular weight is 315 g/mol. The smallest absolute Gasteiger partial charge is 0.311 e. The van der Waals surface area contributed by atoms with Crippen molar-refractivity contribution in [1.29, 1.82) is 0 Å². The van der Waals surface area contributed by atoms with Gasteiger partial charge in [-0.1, -0.05) is 13.3 Å². The molecule has 0 unspecified atom stereocenters. The third-order valence-corrected chi connectivity index (χ3v) is 1.75. The van der Waals surface area contributed by atoms with Crippen molar-refractivity contribution in [3.63, 3.8) is 0 Å². The van der Waals surface area contributed by atoms with Crippen LogP contribution in [-0.4, -0.2) is 44.7 Å². The number of hydrogen-bond donors (Lipinski definition) is 0. The number of halogens is 1. The molecule has 3 nitrogen and oxygen atoms in total. The molecule has 0 saturated carbocycles. The van der Waals surface area contributed by atoms with Crippen molar-refractivity contribution in [2.45, 2.75) is 26.2 Å². The molecule has 0 amide bonds. The van der Waals surface area contributed by atoms with Crippen LogP contribution in [0.25, 0.3) is 0 Å². The van der Waals surface area contributed by atoms with Gasteiger partial charge in [-0.3, -0.25) is 4.79 Å². The lowest BCUT2D eigenvalue weighted by molar-refractivity contribution is -0.869. The number of carbonyl (C=O) groups excluding carboxylic acids is 1. The molecule has 4 heteroatoms. The van der Waals surface area contributed by atoms with E-state index in [-0.39, 0.29) is 29.9 Å². The molecule has 0 N–H and O–H groups in total. The van der Waals surface area contributed by atoms with Gasteiger partial charge < -0.3 is 33.2 Å². The van der Waals surface area contributed by atoms with Crippen molar-refractivity contribution in [3.05, 3.63) is 0 Å². The molecule has 86 valence electrons. The summed E-state index contributed by atoms with van der Waals surface area (Å²) in [6.45, 7) is 3.50. The van der Waals surface area contributed by atoms with Crippen LogP contribution in [0.4, 0.5) is 0 Å². The van der Waals surface area contributed by atoms with Gasteiger partial charge in [-0.2, -0.15) is 0 Å². The Morgan fingerprint density at radius 3 is 2.29 bits per heavy atom. The fourth-order valence-corrected chi connectivity index (χ4v) is 0.829. The first-order valence-electron chi connectivity index (χ1n) is 4.92. The Kier molecular flexibility index (Phi) is 10.0. The van der Waals surface area contributed by atoms with E-state index < -0.39 is 0 Å². The maximum Gasteiger partial charge on any atom is 0.311 e. The highest BCUT2D eigenvalue weighted by molar-refractivity contribution is 5.69. The highest BCUT2D eigenvalue weighted by atomic mass is 127. The van der Waals surface area contributed by atoms with Crippen LogP contribution in [0, 0.1) is 0 Å². The Morgan fingerprint density at radius 2 is 1.86 bits per heavy atom. The van der Waals surface area contributed by atoms with Gasteiger partial charge in [0.2, 0.25) is 0 Å². The third-order valence-electron chi connectivity index (χ3n) is 1.75. The zero-order valence-corrected chi connectivity index (χ0v) is 11.8. The molecule has 0 heterocycles. The van der Waals surface area contributed by atoms with E-state index in [1.165, 1.54) is 0 Å². The normalized spacial score (nSPS) is 10.6. The first-order valence-corrected chi connectivity index (χ1v) is 4.92. The molecule has 0 aliphatic rings. The van der Waals surface area contributed by atoms with Crippen molar-refractivity contribution in [2.75, 3.05) is 34.3 Å². The second-order valence-corrected chi connectivity index (χ2v) is 4.34. The highest BCUT2D eigenvalue weighted by Crippen LogP contribution is 1.97. The van der Waals surface area contributed by atoms with E-state index in [1.54, 1.807) is 0 Å². The van der Waals surface area contributed by atoms with Gasteiger partial charge in [-0.25, -0.2) is 0 Å². The van der Waals surface area contributed by atoms with Crippen LogP contribution in [-0.2, 0) is 9.53 Å². The number of rotatable bonds is 6. The molecule has 0 aromatic rings. The predicted octanol–water partition coefficient (Wildman–Crippen LogP) is -1.57. The Labute approximate surface area is 104 Å². The molecular formula is C10H22INO2. The van der Waals surface area contributed by atoms with E-state index >= 15 is 0 Å². The van der Waals surface area contributed by atoms with Gasteiger partial charge in [0.25, 0.3) is 0 Å². The van der Waals surface area contributed by atoms with E-state index in [1.807, 2.05) is 0 Å². The van der Waals surface area contributed by atoms with Crippen molar-refractivity contribution in [1.82, 2.24) is 0 Å². The fourth-order valence-electron chi connectivity index (χ4n) is 0.829. The number of carbonyl (C=O) groups is 1. The van der Waals surface area contributed by atoms with Crippen LogP contribution in [0.5, 0.6) is 0 Å². The predicted molar refractivity (Wildman–Crippen MR) is 53.4 cm³/mol. The summed E-state index contributed by atoms with van der Waals surface area (Å²) >= 11 is 0. The summed E-state index contributed by atoms with van der Waals surface area (Å²) in [6.07, 6.45) is 2.56. The van der Waals surface area contributed by atoms with Gasteiger partial charge >= 0.3 is 5.97 Å². The molecule has 0 radical (unpaired) electrons. The van der Waals surface area contributed by atoms with Gasteiger partial charge in [0.1, 0.15) is 0 Å². The third kappa shape index (κ3) is 12.2. The minimum atomic E-state index is -0.0681. The summed E-state index contributed by atoms with van der Waals surface area (Å²) in [6, 6.07) is 0. The van der Waals surface area contributed by atoms with Gasteiger partial charge in [0.15, 0.2) is 0 Å². The Hall–Kier alpha value is 0.160. The lowest BCUT2D eigenvalue weighted by atomic mass is 10.3. The lowest BCUT2D eigenvalue weighted by Gasteiger charge is -2.23. The fraction of sp³-hybridized carbons (Fsp3) is 0.900. The lowest BCUT2D eigenvalue weighted by Crippen LogP contribution is -3.00. The van der Waals surface area contributed by atoms with E-state index in [9.17, 15) is 4.79 Å². The molecule has 0 aromatic heterocycles. The zero-order valence-electron chi connectivity index (χ0n) is 9.68. The minimum absolute atomic E-state index is 0. The second-order valence-electron chi connectivity index (χ2n) is 4.34. The van der Waals surface area contributed by atoms with E-state index in [2.05, 4.69) is 28.1 Å². The van der Waals surface area contributed by atoms with Crippen LogP contribution < -0.4 is 24.0 Å². The van der Waals surface area contributed by atoms with Crippen molar-refractivity contribution in [3.8, 4) is 0 Å². The molecule has 0 saturated heterocycles. The molecule has 0 spiro atoms. The van der Waals surface area contributed by atoms with Crippen LogP contribution in [0.2, 0.25) is 0 Å². The zero-order chi connectivity index (χ0) is 10.3. The Morgan fingerprint density at radius 1 is 1.29 bits per heavy atom. The maximum absolute atomic E-state index is 11.1. The van der Waals surface area contributed by atoms with E-state index in [0.29, 0.717) is 13.0 Å². The Balaban J connectivity index is 0. The van der Waals surface area contributed by atoms with Crippen LogP contribution in [0.1, 0.15) is 26.2 Å². The summed E-state index contributed by atoms with van der Waals surface area (Å²) in [7, 11) is 6.21. The number of hydrogen-bond acceptors (Lipinski definition) is 2. The van der Waals surface area contributed by atoms with E-state index in [4.69, 9.17) is 4.74 Å². The quantitative estimate of drug-likeness (QED) is 0.256. The van der Waals surface area contributed by atoms with Crippen LogP contribution in [0.15, 0.2) is 0 Å².